The molecule has 4 rings (SSSR count). The maximum Gasteiger partial charge on any atom is 0.416 e. The monoisotopic (exact) mass is 485 g/mol. The van der Waals surface area contributed by atoms with Crippen molar-refractivity contribution in [2.24, 2.45) is 0 Å². The average molecular weight is 485 g/mol. The Hall–Kier alpha value is -3.78. The Bertz CT molecular complexity index is 1350. The molecule has 0 saturated carbocycles. The Morgan fingerprint density at radius 3 is 2.23 bits per heavy atom. The number of carbonyl (C=O) groups excluding carboxylic acids is 1. The summed E-state index contributed by atoms with van der Waals surface area (Å²) in [6.07, 6.45) is -6.06. The van der Waals surface area contributed by atoms with Crippen molar-refractivity contribution in [3.8, 4) is 0 Å². The minimum absolute atomic E-state index is 0.141. The molecule has 0 fully saturated rings. The van der Waals surface area contributed by atoms with Crippen LogP contribution in [0.15, 0.2) is 84.9 Å². The molecule has 0 aliphatic carbocycles. The van der Waals surface area contributed by atoms with Gasteiger partial charge in [-0.3, -0.25) is 4.79 Å². The summed E-state index contributed by atoms with van der Waals surface area (Å²) in [6, 6.07) is 17.3. The van der Waals surface area contributed by atoms with Gasteiger partial charge in [-0.1, -0.05) is 54.6 Å². The van der Waals surface area contributed by atoms with Gasteiger partial charge in [-0.2, -0.15) is 13.2 Å². The molecule has 0 heterocycles. The van der Waals surface area contributed by atoms with Crippen LogP contribution >= 0.6 is 0 Å². The van der Waals surface area contributed by atoms with Gasteiger partial charge in [-0.15, -0.1) is 0 Å². The van der Waals surface area contributed by atoms with Crippen molar-refractivity contribution in [1.82, 2.24) is 5.32 Å². The molecule has 0 radical (unpaired) electrons. The van der Waals surface area contributed by atoms with Gasteiger partial charge in [0.25, 0.3) is 5.91 Å². The summed E-state index contributed by atoms with van der Waals surface area (Å²) >= 11 is 0. The average Bonchev–Trinajstić information content (AvgIpc) is 2.83. The van der Waals surface area contributed by atoms with Crippen LogP contribution < -0.4 is 5.32 Å². The number of hydrogen-bond acceptors (Lipinski definition) is 2. The first-order valence-electron chi connectivity index (χ1n) is 10.7. The van der Waals surface area contributed by atoms with E-state index >= 15 is 0 Å². The van der Waals surface area contributed by atoms with Crippen molar-refractivity contribution >= 4 is 16.7 Å². The quantitative estimate of drug-likeness (QED) is 0.319. The highest BCUT2D eigenvalue weighted by Gasteiger charge is 2.31. The van der Waals surface area contributed by atoms with Crippen molar-refractivity contribution in [1.29, 1.82) is 0 Å². The summed E-state index contributed by atoms with van der Waals surface area (Å²) in [6.45, 7) is 0. The van der Waals surface area contributed by atoms with Crippen molar-refractivity contribution in [3.63, 3.8) is 0 Å². The highest BCUT2D eigenvalue weighted by molar-refractivity contribution is 6.07. The molecule has 0 bridgehead atoms. The zero-order chi connectivity index (χ0) is 25.2. The molecule has 0 aliphatic rings. The standard InChI is InChI=1S/C27H20F5NO2/c28-19-10-8-17(9-11-19)25(34)24(15-16-4-3-5-18(14-16)27(30,31)32)33-26(35)22-12-13-23(29)21-7-2-1-6-20(21)22/h1-14,24-25,34H,15H2,(H,33,35). The fraction of sp³-hybridized carbons (Fsp3) is 0.148. The first-order valence-corrected chi connectivity index (χ1v) is 10.7. The molecule has 35 heavy (non-hydrogen) atoms. The molecule has 4 aromatic rings. The molecule has 8 heteroatoms. The first-order chi connectivity index (χ1) is 16.6. The number of halogens is 5. The second-order valence-corrected chi connectivity index (χ2v) is 8.12. The lowest BCUT2D eigenvalue weighted by Gasteiger charge is -2.25. The lowest BCUT2D eigenvalue weighted by atomic mass is 9.94. The zero-order valence-corrected chi connectivity index (χ0v) is 18.2. The van der Waals surface area contributed by atoms with Crippen LogP contribution in [0, 0.1) is 11.6 Å². The zero-order valence-electron chi connectivity index (χ0n) is 18.2. The molecule has 3 nitrogen and oxygen atoms in total. The van der Waals surface area contributed by atoms with Crippen LogP contribution in [0.1, 0.15) is 33.2 Å². The number of rotatable bonds is 6. The maximum absolute atomic E-state index is 14.2. The van der Waals surface area contributed by atoms with E-state index in [-0.39, 0.29) is 28.5 Å². The summed E-state index contributed by atoms with van der Waals surface area (Å²) < 4.78 is 67.2. The molecule has 1 amide bonds. The van der Waals surface area contributed by atoms with Crippen molar-refractivity contribution < 1.29 is 31.9 Å². The number of alkyl halides is 3. The Morgan fingerprint density at radius 2 is 1.54 bits per heavy atom. The highest BCUT2D eigenvalue weighted by atomic mass is 19.4. The van der Waals surface area contributed by atoms with E-state index in [2.05, 4.69) is 5.32 Å². The molecule has 2 atom stereocenters. The molecule has 0 aliphatic heterocycles. The molecular formula is C27H20F5NO2. The predicted octanol–water partition coefficient (Wildman–Crippen LogP) is 6.21. The van der Waals surface area contributed by atoms with E-state index in [9.17, 15) is 31.9 Å². The molecule has 4 aromatic carbocycles. The van der Waals surface area contributed by atoms with E-state index in [0.717, 1.165) is 30.3 Å². The molecule has 0 saturated heterocycles. The van der Waals surface area contributed by atoms with Gasteiger partial charge in [0, 0.05) is 10.9 Å². The van der Waals surface area contributed by atoms with Crippen LogP contribution in [-0.2, 0) is 12.6 Å². The number of nitrogens with one attached hydrogen (secondary N) is 1. The third-order valence-corrected chi connectivity index (χ3v) is 5.73. The number of aliphatic hydroxyl groups excluding tert-OH is 1. The summed E-state index contributed by atoms with van der Waals surface area (Å²) in [5.41, 5.74) is -0.217. The van der Waals surface area contributed by atoms with Gasteiger partial charge in [0.2, 0.25) is 0 Å². The number of fused-ring (bicyclic) bond motifs is 1. The largest absolute Gasteiger partial charge is 0.416 e. The minimum atomic E-state index is -4.56. The number of hydrogen-bond donors (Lipinski definition) is 2. The lowest BCUT2D eigenvalue weighted by molar-refractivity contribution is -0.137. The van der Waals surface area contributed by atoms with Crippen molar-refractivity contribution in [3.05, 3.63) is 119 Å². The van der Waals surface area contributed by atoms with Gasteiger partial charge in [-0.05, 0) is 53.3 Å². The number of aliphatic hydroxyl groups is 1. The van der Waals surface area contributed by atoms with Crippen molar-refractivity contribution in [2.45, 2.75) is 24.7 Å². The summed E-state index contributed by atoms with van der Waals surface area (Å²) in [5, 5.41) is 14.3. The molecule has 0 aromatic heterocycles. The Kier molecular flexibility index (Phi) is 6.84. The van der Waals surface area contributed by atoms with Crippen LogP contribution in [0.3, 0.4) is 0 Å². The number of benzene rings is 4. The summed E-state index contributed by atoms with van der Waals surface area (Å²) in [7, 11) is 0. The van der Waals surface area contributed by atoms with Crippen molar-refractivity contribution in [2.75, 3.05) is 0 Å². The van der Waals surface area contributed by atoms with Crippen LogP contribution in [0.4, 0.5) is 22.0 Å². The van der Waals surface area contributed by atoms with E-state index in [1.807, 2.05) is 0 Å². The first kappa shape index (κ1) is 24.3. The molecule has 2 N–H and O–H groups in total. The van der Waals surface area contributed by atoms with Gasteiger partial charge >= 0.3 is 6.18 Å². The molecule has 2 unspecified atom stereocenters. The van der Waals surface area contributed by atoms with Gasteiger partial charge < -0.3 is 10.4 Å². The van der Waals surface area contributed by atoms with E-state index in [1.54, 1.807) is 18.2 Å². The second-order valence-electron chi connectivity index (χ2n) is 8.12. The van der Waals surface area contributed by atoms with E-state index < -0.39 is 41.4 Å². The summed E-state index contributed by atoms with van der Waals surface area (Å²) in [4.78, 5) is 13.2. The third-order valence-electron chi connectivity index (χ3n) is 5.73. The molecular weight excluding hydrogens is 465 g/mol. The Morgan fingerprint density at radius 1 is 0.857 bits per heavy atom. The van der Waals surface area contributed by atoms with Crippen LogP contribution in [0.25, 0.3) is 10.8 Å². The number of carbonyl (C=O) groups is 1. The van der Waals surface area contributed by atoms with Crippen LogP contribution in [0.5, 0.6) is 0 Å². The maximum atomic E-state index is 14.2. The smallest absolute Gasteiger partial charge is 0.386 e. The Labute approximate surface area is 197 Å². The SMILES string of the molecule is O=C(NC(Cc1cccc(C(F)(F)F)c1)C(O)c1ccc(F)cc1)c1ccc(F)c2ccccc12. The van der Waals surface area contributed by atoms with E-state index in [0.29, 0.717) is 5.39 Å². The van der Waals surface area contributed by atoms with E-state index in [1.165, 1.54) is 36.4 Å². The Balaban J connectivity index is 1.69. The predicted molar refractivity (Wildman–Crippen MR) is 122 cm³/mol. The van der Waals surface area contributed by atoms with Gasteiger partial charge in [-0.25, -0.2) is 8.78 Å². The minimum Gasteiger partial charge on any atom is -0.386 e. The summed E-state index contributed by atoms with van der Waals surface area (Å²) in [5.74, 6) is -1.68. The van der Waals surface area contributed by atoms with E-state index in [4.69, 9.17) is 0 Å². The normalized spacial score (nSPS) is 13.4. The van der Waals surface area contributed by atoms with Gasteiger partial charge in [0.1, 0.15) is 11.6 Å². The molecule has 0 spiro atoms. The van der Waals surface area contributed by atoms with Crippen LogP contribution in [-0.4, -0.2) is 17.1 Å². The topological polar surface area (TPSA) is 49.3 Å². The fourth-order valence-corrected chi connectivity index (χ4v) is 3.97. The highest BCUT2D eigenvalue weighted by Crippen LogP contribution is 2.31. The lowest BCUT2D eigenvalue weighted by Crippen LogP contribution is -2.41. The fourth-order valence-electron chi connectivity index (χ4n) is 3.97. The second kappa shape index (κ2) is 9.84. The van der Waals surface area contributed by atoms with Crippen LogP contribution in [0.2, 0.25) is 0 Å². The molecule has 180 valence electrons. The van der Waals surface area contributed by atoms with Gasteiger partial charge in [0.05, 0.1) is 17.7 Å². The third kappa shape index (κ3) is 5.49. The number of amides is 1. The van der Waals surface area contributed by atoms with Gasteiger partial charge in [0.15, 0.2) is 0 Å².